The second-order valence-electron chi connectivity index (χ2n) is 4.91. The van der Waals surface area contributed by atoms with Crippen LogP contribution >= 0.6 is 0 Å². The Labute approximate surface area is 110 Å². The van der Waals surface area contributed by atoms with E-state index in [1.807, 2.05) is 0 Å². The number of pyridine rings is 1. The van der Waals surface area contributed by atoms with Crippen molar-refractivity contribution in [3.8, 4) is 5.75 Å². The first-order valence-corrected chi connectivity index (χ1v) is 6.35. The van der Waals surface area contributed by atoms with E-state index in [4.69, 9.17) is 5.11 Å². The molecule has 0 spiro atoms. The van der Waals surface area contributed by atoms with Crippen molar-refractivity contribution in [3.63, 3.8) is 0 Å². The van der Waals surface area contributed by atoms with Gasteiger partial charge in [-0.1, -0.05) is 0 Å². The van der Waals surface area contributed by atoms with Gasteiger partial charge in [0.15, 0.2) is 5.75 Å². The number of carbonyl (C=O) groups is 1. The van der Waals surface area contributed by atoms with Crippen LogP contribution in [0.3, 0.4) is 0 Å². The number of aliphatic carboxylic acids is 1. The monoisotopic (exact) mass is 266 g/mol. The smallest absolute Gasteiger partial charge is 0.323 e. The lowest BCUT2D eigenvalue weighted by Gasteiger charge is -2.21. The maximum atomic E-state index is 11.6. The van der Waals surface area contributed by atoms with Gasteiger partial charge in [0.1, 0.15) is 6.54 Å². The second-order valence-corrected chi connectivity index (χ2v) is 4.91. The van der Waals surface area contributed by atoms with Gasteiger partial charge in [-0.3, -0.25) is 14.5 Å². The molecule has 0 radical (unpaired) electrons. The molecule has 2 heterocycles. The predicted octanol–water partition coefficient (Wildman–Crippen LogP) is 0.543. The van der Waals surface area contributed by atoms with E-state index < -0.39 is 11.4 Å². The summed E-state index contributed by atoms with van der Waals surface area (Å²) in [6.07, 6.45) is 2.19. The van der Waals surface area contributed by atoms with Crippen LogP contribution in [0.25, 0.3) is 0 Å². The Balaban J connectivity index is 2.41. The minimum atomic E-state index is -0.992. The highest BCUT2D eigenvalue weighted by Gasteiger charge is 2.19. The number of aromatic hydroxyl groups is 1. The molecule has 0 aliphatic carbocycles. The Bertz CT molecular complexity index is 544. The Morgan fingerprint density at radius 3 is 2.58 bits per heavy atom. The minimum Gasteiger partial charge on any atom is -0.503 e. The van der Waals surface area contributed by atoms with Crippen LogP contribution in [0, 0.1) is 6.92 Å². The van der Waals surface area contributed by atoms with Crippen molar-refractivity contribution in [1.29, 1.82) is 0 Å². The molecule has 1 fully saturated rings. The zero-order valence-electron chi connectivity index (χ0n) is 10.9. The molecule has 0 atom stereocenters. The minimum absolute atomic E-state index is 0.247. The van der Waals surface area contributed by atoms with E-state index in [1.54, 1.807) is 6.92 Å². The second kappa shape index (κ2) is 5.44. The fourth-order valence-electron chi connectivity index (χ4n) is 2.49. The Morgan fingerprint density at radius 2 is 2.00 bits per heavy atom. The first-order valence-electron chi connectivity index (χ1n) is 6.35. The fourth-order valence-corrected chi connectivity index (χ4v) is 2.49. The number of carboxylic acids is 1. The molecule has 6 heteroatoms. The summed E-state index contributed by atoms with van der Waals surface area (Å²) in [6.45, 7) is 3.67. The van der Waals surface area contributed by atoms with Crippen molar-refractivity contribution in [3.05, 3.63) is 27.7 Å². The van der Waals surface area contributed by atoms with Crippen molar-refractivity contribution >= 4 is 5.97 Å². The maximum absolute atomic E-state index is 11.6. The molecule has 6 nitrogen and oxygen atoms in total. The van der Waals surface area contributed by atoms with Crippen molar-refractivity contribution < 1.29 is 15.0 Å². The summed E-state index contributed by atoms with van der Waals surface area (Å²) in [6, 6.07) is 1.27. The van der Waals surface area contributed by atoms with Crippen LogP contribution in [0.15, 0.2) is 10.9 Å². The lowest BCUT2D eigenvalue weighted by molar-refractivity contribution is -0.137. The molecule has 2 rings (SSSR count). The van der Waals surface area contributed by atoms with Crippen LogP contribution in [0.4, 0.5) is 0 Å². The third-order valence-electron chi connectivity index (χ3n) is 3.46. The normalized spacial score (nSPS) is 15.8. The third kappa shape index (κ3) is 2.96. The van der Waals surface area contributed by atoms with E-state index in [1.165, 1.54) is 10.6 Å². The van der Waals surface area contributed by atoms with Crippen LogP contribution in [-0.4, -0.2) is 38.7 Å². The number of hydrogen-bond acceptors (Lipinski definition) is 4. The van der Waals surface area contributed by atoms with Gasteiger partial charge in [0.05, 0.1) is 5.69 Å². The molecule has 0 saturated carbocycles. The predicted molar refractivity (Wildman–Crippen MR) is 69.3 cm³/mol. The lowest BCUT2D eigenvalue weighted by atomic mass is 10.2. The summed E-state index contributed by atoms with van der Waals surface area (Å²) in [5.41, 5.74) is 0.502. The lowest BCUT2D eigenvalue weighted by Crippen LogP contribution is -2.26. The third-order valence-corrected chi connectivity index (χ3v) is 3.46. The maximum Gasteiger partial charge on any atom is 0.323 e. The van der Waals surface area contributed by atoms with Crippen molar-refractivity contribution in [2.45, 2.75) is 32.9 Å². The average molecular weight is 266 g/mol. The van der Waals surface area contributed by atoms with E-state index in [9.17, 15) is 14.7 Å². The van der Waals surface area contributed by atoms with Gasteiger partial charge in [-0.05, 0) is 32.9 Å². The van der Waals surface area contributed by atoms with E-state index in [-0.39, 0.29) is 12.3 Å². The molecule has 1 saturated heterocycles. The standard InChI is InChI=1S/C13H18N2O4/c1-9-6-11(16)13(19)10(15(9)8-12(17)18)7-14-4-2-3-5-14/h6,19H,2-5,7-8H2,1H3,(H,17,18). The number of hydrogen-bond donors (Lipinski definition) is 2. The van der Waals surface area contributed by atoms with E-state index in [0.717, 1.165) is 25.9 Å². The highest BCUT2D eigenvalue weighted by Crippen LogP contribution is 2.19. The van der Waals surface area contributed by atoms with Gasteiger partial charge in [-0.2, -0.15) is 0 Å². The molecule has 1 aromatic heterocycles. The van der Waals surface area contributed by atoms with Gasteiger partial charge in [0, 0.05) is 18.3 Å². The molecule has 0 aromatic carbocycles. The van der Waals surface area contributed by atoms with Crippen molar-refractivity contribution in [2.75, 3.05) is 13.1 Å². The molecule has 1 aliphatic rings. The summed E-state index contributed by atoms with van der Waals surface area (Å²) >= 11 is 0. The molecule has 0 unspecified atom stereocenters. The largest absolute Gasteiger partial charge is 0.503 e. The van der Waals surface area contributed by atoms with Crippen LogP contribution in [0.5, 0.6) is 5.75 Å². The summed E-state index contributed by atoms with van der Waals surface area (Å²) in [5.74, 6) is -1.33. The highest BCUT2D eigenvalue weighted by atomic mass is 16.4. The number of aromatic nitrogens is 1. The molecule has 0 amide bonds. The zero-order valence-corrected chi connectivity index (χ0v) is 10.9. The van der Waals surface area contributed by atoms with Gasteiger partial charge in [0.2, 0.25) is 5.43 Å². The number of carboxylic acid groups (broad SMARTS) is 1. The molecule has 104 valence electrons. The number of aryl methyl sites for hydroxylation is 1. The van der Waals surface area contributed by atoms with E-state index in [2.05, 4.69) is 4.90 Å². The van der Waals surface area contributed by atoms with Gasteiger partial charge in [-0.15, -0.1) is 0 Å². The quantitative estimate of drug-likeness (QED) is 0.831. The van der Waals surface area contributed by atoms with Gasteiger partial charge in [-0.25, -0.2) is 0 Å². The van der Waals surface area contributed by atoms with E-state index >= 15 is 0 Å². The van der Waals surface area contributed by atoms with Gasteiger partial charge < -0.3 is 14.8 Å². The molecular weight excluding hydrogens is 248 g/mol. The summed E-state index contributed by atoms with van der Waals surface area (Å²) < 4.78 is 1.50. The number of rotatable bonds is 4. The van der Waals surface area contributed by atoms with Crippen molar-refractivity contribution in [1.82, 2.24) is 9.47 Å². The number of likely N-dealkylation sites (tertiary alicyclic amines) is 1. The summed E-state index contributed by atoms with van der Waals surface area (Å²) in [4.78, 5) is 24.7. The molecular formula is C13H18N2O4. The molecule has 19 heavy (non-hydrogen) atoms. The number of nitrogens with zero attached hydrogens (tertiary/aromatic N) is 2. The molecule has 1 aromatic rings. The first kappa shape index (κ1) is 13.6. The van der Waals surface area contributed by atoms with Crippen LogP contribution in [-0.2, 0) is 17.9 Å². The molecule has 2 N–H and O–H groups in total. The average Bonchev–Trinajstić information content (AvgIpc) is 2.83. The van der Waals surface area contributed by atoms with E-state index in [0.29, 0.717) is 17.9 Å². The Kier molecular flexibility index (Phi) is 3.90. The fraction of sp³-hybridized carbons (Fsp3) is 0.538. The highest BCUT2D eigenvalue weighted by molar-refractivity contribution is 5.67. The topological polar surface area (TPSA) is 82.8 Å². The Morgan fingerprint density at radius 1 is 1.37 bits per heavy atom. The van der Waals surface area contributed by atoms with Crippen LogP contribution in [0.2, 0.25) is 0 Å². The molecule has 1 aliphatic heterocycles. The van der Waals surface area contributed by atoms with Gasteiger partial charge in [0.25, 0.3) is 0 Å². The van der Waals surface area contributed by atoms with Crippen molar-refractivity contribution in [2.24, 2.45) is 0 Å². The molecule has 0 bridgehead atoms. The summed E-state index contributed by atoms with van der Waals surface area (Å²) in [7, 11) is 0. The summed E-state index contributed by atoms with van der Waals surface area (Å²) in [5, 5.41) is 18.9. The van der Waals surface area contributed by atoms with Crippen LogP contribution < -0.4 is 5.43 Å². The first-order chi connectivity index (χ1) is 8.99. The van der Waals surface area contributed by atoms with Crippen LogP contribution in [0.1, 0.15) is 24.2 Å². The Hall–Kier alpha value is -1.82. The van der Waals surface area contributed by atoms with Gasteiger partial charge >= 0.3 is 5.97 Å². The zero-order chi connectivity index (χ0) is 14.0. The SMILES string of the molecule is Cc1cc(=O)c(O)c(CN2CCCC2)n1CC(=O)O.